The number of aromatic nitrogens is 2. The van der Waals surface area contributed by atoms with Gasteiger partial charge in [0.1, 0.15) is 23.5 Å². The summed E-state index contributed by atoms with van der Waals surface area (Å²) in [6.07, 6.45) is 2.60. The first-order valence-corrected chi connectivity index (χ1v) is 7.31. The highest BCUT2D eigenvalue weighted by molar-refractivity contribution is 5.85. The Morgan fingerprint density at radius 1 is 1.30 bits per heavy atom. The van der Waals surface area contributed by atoms with E-state index in [1.165, 1.54) is 0 Å². The molecule has 1 aliphatic heterocycles. The zero-order chi connectivity index (χ0) is 14.5. The monoisotopic (exact) mass is 277 g/mol. The maximum atomic E-state index is 11.8. The number of hydrogen-bond acceptors (Lipinski definition) is 5. The summed E-state index contributed by atoms with van der Waals surface area (Å²) in [5.74, 6) is 2.44. The lowest BCUT2D eigenvalue weighted by molar-refractivity contribution is -0.123. The molecule has 110 valence electrons. The van der Waals surface area contributed by atoms with Crippen molar-refractivity contribution >= 4 is 17.5 Å². The second-order valence-electron chi connectivity index (χ2n) is 4.98. The van der Waals surface area contributed by atoms with Crippen molar-refractivity contribution in [1.82, 2.24) is 15.3 Å². The Hall–Kier alpha value is -1.85. The topological polar surface area (TPSA) is 78.9 Å². The van der Waals surface area contributed by atoms with Crippen LogP contribution in [0.15, 0.2) is 0 Å². The molecule has 1 aromatic heterocycles. The predicted molar refractivity (Wildman–Crippen MR) is 80.0 cm³/mol. The normalized spacial score (nSPS) is 18.6. The van der Waals surface area contributed by atoms with Gasteiger partial charge in [0.25, 0.3) is 0 Å². The summed E-state index contributed by atoms with van der Waals surface area (Å²) in [7, 11) is 0. The summed E-state index contributed by atoms with van der Waals surface area (Å²) in [6, 6.07) is -0.198. The Morgan fingerprint density at radius 2 is 2.05 bits per heavy atom. The van der Waals surface area contributed by atoms with Gasteiger partial charge in [-0.05, 0) is 26.7 Å². The fourth-order valence-corrected chi connectivity index (χ4v) is 2.28. The maximum Gasteiger partial charge on any atom is 0.242 e. The average molecular weight is 277 g/mol. The smallest absolute Gasteiger partial charge is 0.242 e. The highest BCUT2D eigenvalue weighted by atomic mass is 16.2. The van der Waals surface area contributed by atoms with E-state index in [9.17, 15) is 4.79 Å². The van der Waals surface area contributed by atoms with Gasteiger partial charge in [-0.1, -0.05) is 6.92 Å². The molecular formula is C14H23N5O. The Balaban J connectivity index is 2.25. The third-order valence-electron chi connectivity index (χ3n) is 3.45. The molecule has 0 radical (unpaired) electrons. The average Bonchev–Trinajstić information content (AvgIpc) is 2.45. The molecule has 1 aromatic rings. The first-order chi connectivity index (χ1) is 9.65. The minimum atomic E-state index is -0.198. The largest absolute Gasteiger partial charge is 0.370 e. The van der Waals surface area contributed by atoms with Gasteiger partial charge in [0.15, 0.2) is 0 Å². The summed E-state index contributed by atoms with van der Waals surface area (Å²) in [5, 5.41) is 9.40. The molecule has 6 heteroatoms. The number of carbonyl (C=O) groups is 1. The minimum absolute atomic E-state index is 0.0531. The molecule has 20 heavy (non-hydrogen) atoms. The van der Waals surface area contributed by atoms with Gasteiger partial charge in [-0.2, -0.15) is 0 Å². The second-order valence-corrected chi connectivity index (χ2v) is 4.98. The van der Waals surface area contributed by atoms with Crippen molar-refractivity contribution in [3.63, 3.8) is 0 Å². The summed E-state index contributed by atoms with van der Waals surface area (Å²) in [6.45, 7) is 7.61. The number of hydrogen-bond donors (Lipinski definition) is 3. The zero-order valence-electron chi connectivity index (χ0n) is 12.4. The molecule has 1 fully saturated rings. The van der Waals surface area contributed by atoms with Gasteiger partial charge in [0.05, 0.1) is 0 Å². The SMILES string of the molecule is CCNc1nc(CC)nc(NC2CCCNC2=O)c1C. The van der Waals surface area contributed by atoms with Crippen LogP contribution in [0.25, 0.3) is 0 Å². The Labute approximate surface area is 119 Å². The number of nitrogens with one attached hydrogen (secondary N) is 3. The van der Waals surface area contributed by atoms with E-state index in [0.29, 0.717) is 0 Å². The van der Waals surface area contributed by atoms with Gasteiger partial charge in [0, 0.05) is 25.1 Å². The predicted octanol–water partition coefficient (Wildman–Crippen LogP) is 1.47. The molecule has 1 unspecified atom stereocenters. The van der Waals surface area contributed by atoms with Gasteiger partial charge in [-0.3, -0.25) is 4.79 Å². The van der Waals surface area contributed by atoms with Crippen molar-refractivity contribution < 1.29 is 4.79 Å². The summed E-state index contributed by atoms with van der Waals surface area (Å²) >= 11 is 0. The summed E-state index contributed by atoms with van der Waals surface area (Å²) in [5.41, 5.74) is 0.961. The number of amides is 1. The number of nitrogens with zero attached hydrogens (tertiary/aromatic N) is 2. The van der Waals surface area contributed by atoms with Crippen LogP contribution in [-0.2, 0) is 11.2 Å². The first-order valence-electron chi connectivity index (χ1n) is 7.31. The van der Waals surface area contributed by atoms with E-state index in [1.807, 2.05) is 20.8 Å². The van der Waals surface area contributed by atoms with Crippen LogP contribution in [0.1, 0.15) is 38.1 Å². The molecule has 0 saturated carbocycles. The van der Waals surface area contributed by atoms with E-state index in [-0.39, 0.29) is 11.9 Å². The molecule has 1 aliphatic rings. The molecule has 1 atom stereocenters. The lowest BCUT2D eigenvalue weighted by Gasteiger charge is -2.24. The molecule has 0 bridgehead atoms. The third kappa shape index (κ3) is 3.18. The number of rotatable bonds is 5. The maximum absolute atomic E-state index is 11.8. The van der Waals surface area contributed by atoms with Gasteiger partial charge in [0.2, 0.25) is 5.91 Å². The molecule has 1 amide bonds. The molecular weight excluding hydrogens is 254 g/mol. The number of carbonyl (C=O) groups excluding carboxylic acids is 1. The van der Waals surface area contributed by atoms with E-state index in [2.05, 4.69) is 25.9 Å². The molecule has 0 aromatic carbocycles. The van der Waals surface area contributed by atoms with Crippen molar-refractivity contribution in [3.05, 3.63) is 11.4 Å². The molecule has 2 rings (SSSR count). The number of aryl methyl sites for hydroxylation is 1. The van der Waals surface area contributed by atoms with Crippen LogP contribution in [0.3, 0.4) is 0 Å². The number of anilines is 2. The Morgan fingerprint density at radius 3 is 2.70 bits per heavy atom. The van der Waals surface area contributed by atoms with E-state index in [4.69, 9.17) is 0 Å². The van der Waals surface area contributed by atoms with Crippen molar-refractivity contribution in [2.75, 3.05) is 23.7 Å². The quantitative estimate of drug-likeness (QED) is 0.759. The van der Waals surface area contributed by atoms with Crippen LogP contribution >= 0.6 is 0 Å². The summed E-state index contributed by atoms with van der Waals surface area (Å²) in [4.78, 5) is 20.9. The van der Waals surface area contributed by atoms with Crippen LogP contribution < -0.4 is 16.0 Å². The molecule has 0 spiro atoms. The Bertz CT molecular complexity index is 489. The van der Waals surface area contributed by atoms with Crippen molar-refractivity contribution in [3.8, 4) is 0 Å². The number of piperidine rings is 1. The third-order valence-corrected chi connectivity index (χ3v) is 3.45. The van der Waals surface area contributed by atoms with Gasteiger partial charge >= 0.3 is 0 Å². The molecule has 2 heterocycles. The van der Waals surface area contributed by atoms with E-state index in [1.54, 1.807) is 0 Å². The first kappa shape index (κ1) is 14.6. The molecule has 1 saturated heterocycles. The zero-order valence-corrected chi connectivity index (χ0v) is 12.4. The molecule has 6 nitrogen and oxygen atoms in total. The van der Waals surface area contributed by atoms with E-state index < -0.39 is 0 Å². The van der Waals surface area contributed by atoms with Gasteiger partial charge in [-0.25, -0.2) is 9.97 Å². The van der Waals surface area contributed by atoms with E-state index in [0.717, 1.165) is 55.4 Å². The van der Waals surface area contributed by atoms with Gasteiger partial charge in [-0.15, -0.1) is 0 Å². The lowest BCUT2D eigenvalue weighted by atomic mass is 10.1. The Kier molecular flexibility index (Phi) is 4.76. The molecule has 3 N–H and O–H groups in total. The fraction of sp³-hybridized carbons (Fsp3) is 0.643. The van der Waals surface area contributed by atoms with Crippen LogP contribution in [0.4, 0.5) is 11.6 Å². The van der Waals surface area contributed by atoms with Crippen molar-refractivity contribution in [2.24, 2.45) is 0 Å². The molecule has 0 aliphatic carbocycles. The lowest BCUT2D eigenvalue weighted by Crippen LogP contribution is -2.44. The van der Waals surface area contributed by atoms with Crippen LogP contribution in [0.2, 0.25) is 0 Å². The minimum Gasteiger partial charge on any atom is -0.370 e. The van der Waals surface area contributed by atoms with Crippen molar-refractivity contribution in [1.29, 1.82) is 0 Å². The van der Waals surface area contributed by atoms with E-state index >= 15 is 0 Å². The van der Waals surface area contributed by atoms with Crippen LogP contribution in [0, 0.1) is 6.92 Å². The second kappa shape index (κ2) is 6.54. The standard InChI is InChI=1S/C14H23N5O/c1-4-11-18-12(15-5-2)9(3)13(19-11)17-10-7-6-8-16-14(10)20/h10H,4-8H2,1-3H3,(H,16,20)(H2,15,17,18,19). The van der Waals surface area contributed by atoms with Crippen LogP contribution in [0.5, 0.6) is 0 Å². The summed E-state index contributed by atoms with van der Waals surface area (Å²) < 4.78 is 0. The van der Waals surface area contributed by atoms with Crippen LogP contribution in [-0.4, -0.2) is 35.0 Å². The fourth-order valence-electron chi connectivity index (χ4n) is 2.28. The highest BCUT2D eigenvalue weighted by Crippen LogP contribution is 2.22. The van der Waals surface area contributed by atoms with Gasteiger partial charge < -0.3 is 16.0 Å². The highest BCUT2D eigenvalue weighted by Gasteiger charge is 2.23. The van der Waals surface area contributed by atoms with Crippen molar-refractivity contribution in [2.45, 2.75) is 46.1 Å².